The number of amides is 1. The molecule has 5 nitrogen and oxygen atoms in total. The second-order valence-electron chi connectivity index (χ2n) is 6.91. The minimum Gasteiger partial charge on any atom is -0.342 e. The zero-order chi connectivity index (χ0) is 20.9. The standard InChI is InChI=1S/C23H22N4OS2/c1-15(22-24-12-21(27-22)17-6-4-3-5-7-17)25-23(28)18-8-10-20(11-9-18)30-14-19-13-29-16(2)26-19/h3-13,15H,14H2,1-2H3,(H,24,27)(H,25,28). The molecule has 2 N–H and O–H groups in total. The number of carbonyl (C=O) groups is 1. The van der Waals surface area contributed by atoms with E-state index >= 15 is 0 Å². The minimum absolute atomic E-state index is 0.119. The number of thiazole rings is 1. The van der Waals surface area contributed by atoms with Crippen LogP contribution < -0.4 is 5.32 Å². The third-order valence-electron chi connectivity index (χ3n) is 4.61. The summed E-state index contributed by atoms with van der Waals surface area (Å²) in [4.78, 5) is 25.9. The lowest BCUT2D eigenvalue weighted by Gasteiger charge is -2.12. The van der Waals surface area contributed by atoms with Gasteiger partial charge in [-0.05, 0) is 43.7 Å². The quantitative estimate of drug-likeness (QED) is 0.370. The highest BCUT2D eigenvalue weighted by Crippen LogP contribution is 2.24. The van der Waals surface area contributed by atoms with E-state index in [4.69, 9.17) is 0 Å². The van der Waals surface area contributed by atoms with Crippen LogP contribution in [-0.4, -0.2) is 20.9 Å². The molecule has 0 aliphatic rings. The third kappa shape index (κ3) is 4.98. The first-order chi connectivity index (χ1) is 14.6. The van der Waals surface area contributed by atoms with E-state index in [9.17, 15) is 4.79 Å². The number of aromatic nitrogens is 3. The van der Waals surface area contributed by atoms with E-state index in [1.807, 2.05) is 68.4 Å². The van der Waals surface area contributed by atoms with Gasteiger partial charge >= 0.3 is 0 Å². The van der Waals surface area contributed by atoms with Gasteiger partial charge in [0.25, 0.3) is 5.91 Å². The number of imidazole rings is 1. The Labute approximate surface area is 184 Å². The van der Waals surface area contributed by atoms with Crippen molar-refractivity contribution in [1.82, 2.24) is 20.3 Å². The zero-order valence-corrected chi connectivity index (χ0v) is 18.4. The molecule has 0 saturated heterocycles. The van der Waals surface area contributed by atoms with Gasteiger partial charge in [0.1, 0.15) is 5.82 Å². The van der Waals surface area contributed by atoms with E-state index in [0.29, 0.717) is 5.56 Å². The molecule has 2 heterocycles. The average molecular weight is 435 g/mol. The van der Waals surface area contributed by atoms with Gasteiger partial charge in [0.2, 0.25) is 0 Å². The largest absolute Gasteiger partial charge is 0.342 e. The van der Waals surface area contributed by atoms with Gasteiger partial charge in [0.05, 0.1) is 28.6 Å². The molecule has 4 rings (SSSR count). The fourth-order valence-corrected chi connectivity index (χ4v) is 4.51. The van der Waals surface area contributed by atoms with Gasteiger partial charge < -0.3 is 10.3 Å². The van der Waals surface area contributed by atoms with Crippen molar-refractivity contribution in [2.45, 2.75) is 30.5 Å². The molecule has 1 atom stereocenters. The molecule has 0 saturated carbocycles. The van der Waals surface area contributed by atoms with Crippen molar-refractivity contribution in [1.29, 1.82) is 0 Å². The number of aryl methyl sites for hydroxylation is 1. The van der Waals surface area contributed by atoms with Crippen LogP contribution in [0.1, 0.15) is 39.8 Å². The van der Waals surface area contributed by atoms with Crippen LogP contribution >= 0.6 is 23.1 Å². The summed E-state index contributed by atoms with van der Waals surface area (Å²) in [5.41, 5.74) is 3.72. The summed E-state index contributed by atoms with van der Waals surface area (Å²) >= 11 is 3.38. The smallest absolute Gasteiger partial charge is 0.251 e. The second-order valence-corrected chi connectivity index (χ2v) is 9.03. The summed E-state index contributed by atoms with van der Waals surface area (Å²) in [7, 11) is 0. The number of H-pyrrole nitrogens is 1. The number of carbonyl (C=O) groups excluding carboxylic acids is 1. The highest BCUT2D eigenvalue weighted by atomic mass is 32.2. The lowest BCUT2D eigenvalue weighted by molar-refractivity contribution is 0.0938. The first kappa shape index (κ1) is 20.4. The summed E-state index contributed by atoms with van der Waals surface area (Å²) in [5, 5.41) is 6.18. The highest BCUT2D eigenvalue weighted by molar-refractivity contribution is 7.98. The fraction of sp³-hybridized carbons (Fsp3) is 0.174. The summed E-state index contributed by atoms with van der Waals surface area (Å²) in [6, 6.07) is 17.4. The number of thioether (sulfide) groups is 1. The van der Waals surface area contributed by atoms with E-state index in [1.165, 1.54) is 0 Å². The topological polar surface area (TPSA) is 70.7 Å². The Morgan fingerprint density at radius 3 is 2.63 bits per heavy atom. The number of benzene rings is 2. The van der Waals surface area contributed by atoms with Crippen molar-refractivity contribution in [2.75, 3.05) is 0 Å². The molecule has 1 unspecified atom stereocenters. The number of nitrogens with one attached hydrogen (secondary N) is 2. The van der Waals surface area contributed by atoms with Gasteiger partial charge in [0.15, 0.2) is 0 Å². The van der Waals surface area contributed by atoms with Crippen LogP contribution in [0.5, 0.6) is 0 Å². The fourth-order valence-electron chi connectivity index (χ4n) is 3.00. The van der Waals surface area contributed by atoms with Crippen LogP contribution in [0.2, 0.25) is 0 Å². The summed E-state index contributed by atoms with van der Waals surface area (Å²) in [6.07, 6.45) is 1.79. The number of rotatable bonds is 7. The van der Waals surface area contributed by atoms with Crippen LogP contribution in [0, 0.1) is 6.92 Å². The van der Waals surface area contributed by atoms with Crippen molar-refractivity contribution < 1.29 is 4.79 Å². The summed E-state index contributed by atoms with van der Waals surface area (Å²) < 4.78 is 0. The van der Waals surface area contributed by atoms with E-state index in [2.05, 4.69) is 25.6 Å². The first-order valence-corrected chi connectivity index (χ1v) is 11.5. The van der Waals surface area contributed by atoms with Crippen LogP contribution in [0.25, 0.3) is 11.3 Å². The van der Waals surface area contributed by atoms with E-state index < -0.39 is 0 Å². The highest BCUT2D eigenvalue weighted by Gasteiger charge is 2.15. The van der Waals surface area contributed by atoms with Gasteiger partial charge in [0, 0.05) is 21.6 Å². The molecule has 0 spiro atoms. The monoisotopic (exact) mass is 434 g/mol. The normalized spacial score (nSPS) is 11.9. The Kier molecular flexibility index (Phi) is 6.30. The predicted molar refractivity (Wildman–Crippen MR) is 123 cm³/mol. The lowest BCUT2D eigenvalue weighted by Crippen LogP contribution is -2.27. The summed E-state index contributed by atoms with van der Waals surface area (Å²) in [5.74, 6) is 1.44. The molecule has 2 aromatic heterocycles. The molecule has 0 aliphatic carbocycles. The molecule has 152 valence electrons. The Hall–Kier alpha value is -2.90. The van der Waals surface area contributed by atoms with Crippen molar-refractivity contribution in [2.24, 2.45) is 0 Å². The molecular weight excluding hydrogens is 412 g/mol. The average Bonchev–Trinajstić information content (AvgIpc) is 3.42. The van der Waals surface area contributed by atoms with Crippen molar-refractivity contribution in [3.63, 3.8) is 0 Å². The molecular formula is C23H22N4OS2. The third-order valence-corrected chi connectivity index (χ3v) is 6.48. The molecule has 0 bridgehead atoms. The Morgan fingerprint density at radius 2 is 1.93 bits per heavy atom. The van der Waals surface area contributed by atoms with Gasteiger partial charge in [-0.25, -0.2) is 9.97 Å². The Bertz CT molecular complexity index is 1120. The SMILES string of the molecule is Cc1nc(CSc2ccc(C(=O)NC(C)c3ncc(-c4ccccc4)[nH]3)cc2)cs1. The number of nitrogens with zero attached hydrogens (tertiary/aromatic N) is 2. The Balaban J connectivity index is 1.34. The second kappa shape index (κ2) is 9.28. The molecule has 30 heavy (non-hydrogen) atoms. The first-order valence-electron chi connectivity index (χ1n) is 9.63. The van der Waals surface area contributed by atoms with Gasteiger partial charge in [-0.3, -0.25) is 4.79 Å². The van der Waals surface area contributed by atoms with Crippen molar-refractivity contribution in [3.05, 3.63) is 88.3 Å². The maximum absolute atomic E-state index is 12.6. The number of hydrogen-bond acceptors (Lipinski definition) is 5. The zero-order valence-electron chi connectivity index (χ0n) is 16.8. The summed E-state index contributed by atoms with van der Waals surface area (Å²) in [6.45, 7) is 3.93. The molecule has 2 aromatic carbocycles. The van der Waals surface area contributed by atoms with Crippen molar-refractivity contribution in [3.8, 4) is 11.3 Å². The van der Waals surface area contributed by atoms with Gasteiger partial charge in [-0.2, -0.15) is 0 Å². The molecule has 0 fully saturated rings. The molecule has 7 heteroatoms. The number of hydrogen-bond donors (Lipinski definition) is 2. The van der Waals surface area contributed by atoms with Gasteiger partial charge in [-0.15, -0.1) is 23.1 Å². The van der Waals surface area contributed by atoms with Crippen LogP contribution in [0.3, 0.4) is 0 Å². The maximum Gasteiger partial charge on any atom is 0.251 e. The Morgan fingerprint density at radius 1 is 1.17 bits per heavy atom. The van der Waals surface area contributed by atoms with E-state index in [1.54, 1.807) is 29.3 Å². The molecule has 4 aromatic rings. The minimum atomic E-state index is -0.225. The molecule has 0 radical (unpaired) electrons. The molecule has 1 amide bonds. The van der Waals surface area contributed by atoms with Gasteiger partial charge in [-0.1, -0.05) is 30.3 Å². The maximum atomic E-state index is 12.6. The van der Waals surface area contributed by atoms with Crippen LogP contribution in [0.15, 0.2) is 71.1 Å². The van der Waals surface area contributed by atoms with E-state index in [0.717, 1.165) is 38.4 Å². The van der Waals surface area contributed by atoms with Crippen LogP contribution in [0.4, 0.5) is 0 Å². The van der Waals surface area contributed by atoms with Crippen molar-refractivity contribution >= 4 is 29.0 Å². The lowest BCUT2D eigenvalue weighted by atomic mass is 10.2. The predicted octanol–water partition coefficient (Wildman–Crippen LogP) is 5.62. The number of aromatic amines is 1. The van der Waals surface area contributed by atoms with E-state index in [-0.39, 0.29) is 11.9 Å². The molecule has 0 aliphatic heterocycles. The van der Waals surface area contributed by atoms with Crippen LogP contribution in [-0.2, 0) is 5.75 Å².